The van der Waals surface area contributed by atoms with Crippen LogP contribution in [0.4, 0.5) is 62.6 Å². The maximum atomic E-state index is 11.6. The van der Waals surface area contributed by atoms with Crippen molar-refractivity contribution in [1.82, 2.24) is 0 Å². The lowest BCUT2D eigenvalue weighted by molar-refractivity contribution is 0.727. The van der Waals surface area contributed by atoms with Crippen LogP contribution < -0.4 is 14.7 Å². The number of unbranched alkanes of at least 4 members (excludes halogenated alkanes) is 3. The van der Waals surface area contributed by atoms with Crippen molar-refractivity contribution in [2.75, 3.05) is 14.7 Å². The van der Waals surface area contributed by atoms with Crippen molar-refractivity contribution in [3.8, 4) is 39.4 Å². The fourth-order valence-corrected chi connectivity index (χ4v) is 19.3. The molecule has 0 unspecified atom stereocenters. The number of nitrogens with zero attached hydrogens (tertiary/aromatic N) is 6. The first-order valence-electron chi connectivity index (χ1n) is 36.5. The van der Waals surface area contributed by atoms with Gasteiger partial charge in [-0.15, -0.1) is 0 Å². The summed E-state index contributed by atoms with van der Waals surface area (Å²) >= 11 is 0. The quantitative estimate of drug-likeness (QED) is 0.114. The standard InChI is InChI=1S/C96H72N6/c1-6-9-24-61-39-48-67(49-40-61)100-82-33-18-12-27-73(82)94(74-28-13-19-34-83(74)100)79-57-64(60-97)45-54-70(79)88-91(94)89-71-55-46-65(98-4)58-80(71)96(77-31-16-22-37-86(77)102(87-38-23-17-32-78(87)96)69-52-43-63(44-53-69)26-11-8-3)93(89)90-72-56-47-66(99-5)59-81(72)95(92(88)90)75-29-14-20-35-84(75)101(85-36-21-15-30-76(85)95)68-50-41-62(42-51-68)25-10-7-2/h12-23,27-59H,6-11,24-26H2,1-3H3. The van der Waals surface area contributed by atoms with E-state index < -0.39 is 16.2 Å². The van der Waals surface area contributed by atoms with Gasteiger partial charge in [-0.25, -0.2) is 9.69 Å². The molecule has 0 bridgehead atoms. The monoisotopic (exact) mass is 1310 g/mol. The van der Waals surface area contributed by atoms with Gasteiger partial charge in [0.25, 0.3) is 0 Å². The highest BCUT2D eigenvalue weighted by molar-refractivity contribution is 6.13. The molecule has 3 aliphatic heterocycles. The van der Waals surface area contributed by atoms with E-state index in [4.69, 9.17) is 13.1 Å². The van der Waals surface area contributed by atoms with Crippen LogP contribution in [0.3, 0.4) is 0 Å². The highest BCUT2D eigenvalue weighted by Gasteiger charge is 2.65. The molecule has 0 aromatic heterocycles. The Hall–Kier alpha value is -12.3. The fourth-order valence-electron chi connectivity index (χ4n) is 19.3. The zero-order chi connectivity index (χ0) is 68.6. The van der Waals surface area contributed by atoms with Crippen LogP contribution in [0.15, 0.2) is 273 Å². The molecule has 0 atom stereocenters. The van der Waals surface area contributed by atoms with Crippen LogP contribution in [0, 0.1) is 24.5 Å². The number of benzene rings is 13. The van der Waals surface area contributed by atoms with Crippen molar-refractivity contribution in [3.63, 3.8) is 0 Å². The van der Waals surface area contributed by atoms with Gasteiger partial charge in [-0.05, 0) is 240 Å². The summed E-state index contributed by atoms with van der Waals surface area (Å²) in [4.78, 5) is 16.2. The van der Waals surface area contributed by atoms with E-state index in [2.05, 4.69) is 318 Å². The van der Waals surface area contributed by atoms with Gasteiger partial charge in [-0.3, -0.25) is 0 Å². The average molecular weight is 1310 g/mol. The summed E-state index contributed by atoms with van der Waals surface area (Å²) in [6.45, 7) is 24.9. The first kappa shape index (κ1) is 60.9. The zero-order valence-electron chi connectivity index (χ0n) is 57.5. The van der Waals surface area contributed by atoms with Crippen LogP contribution in [-0.4, -0.2) is 0 Å². The van der Waals surface area contributed by atoms with Crippen LogP contribution in [-0.2, 0) is 35.5 Å². The van der Waals surface area contributed by atoms with Gasteiger partial charge >= 0.3 is 0 Å². The summed E-state index contributed by atoms with van der Waals surface area (Å²) in [6.07, 6.45) is 9.78. The van der Waals surface area contributed by atoms with Crippen LogP contribution in [0.25, 0.3) is 43.1 Å². The Bertz CT molecular complexity index is 5060. The molecular weight excluding hydrogens is 1240 g/mol. The lowest BCUT2D eigenvalue weighted by Gasteiger charge is -2.48. The van der Waals surface area contributed by atoms with Crippen molar-refractivity contribution >= 4 is 62.6 Å². The maximum absolute atomic E-state index is 11.6. The molecule has 0 amide bonds. The van der Waals surface area contributed by atoms with Gasteiger partial charge in [0, 0.05) is 17.1 Å². The Morgan fingerprint density at radius 1 is 0.314 bits per heavy atom. The topological polar surface area (TPSA) is 42.2 Å². The molecule has 486 valence electrons. The molecule has 13 aromatic carbocycles. The number of rotatable bonds is 12. The van der Waals surface area contributed by atoms with Crippen molar-refractivity contribution in [3.05, 3.63) is 385 Å². The fraction of sp³-hybridized carbons (Fsp3) is 0.156. The number of anilines is 9. The van der Waals surface area contributed by atoms with E-state index in [-0.39, 0.29) is 0 Å². The lowest BCUT2D eigenvalue weighted by atomic mass is 9.58. The molecule has 13 aromatic rings. The van der Waals surface area contributed by atoms with Gasteiger partial charge < -0.3 is 14.7 Å². The molecule has 3 heterocycles. The van der Waals surface area contributed by atoms with Gasteiger partial charge in [0.05, 0.1) is 75.1 Å². The maximum Gasteiger partial charge on any atom is 0.187 e. The lowest BCUT2D eigenvalue weighted by Crippen LogP contribution is -2.39. The Morgan fingerprint density at radius 3 is 0.843 bits per heavy atom. The van der Waals surface area contributed by atoms with E-state index in [1.807, 2.05) is 6.07 Å². The second kappa shape index (κ2) is 23.4. The molecule has 0 saturated carbocycles. The Balaban J connectivity index is 1.04. The Morgan fingerprint density at radius 2 is 0.578 bits per heavy atom. The largest absolute Gasteiger partial charge is 0.310 e. The molecule has 102 heavy (non-hydrogen) atoms. The van der Waals surface area contributed by atoms with Crippen LogP contribution in [0.1, 0.15) is 148 Å². The van der Waals surface area contributed by atoms with Crippen LogP contribution in [0.2, 0.25) is 0 Å². The van der Waals surface area contributed by atoms with E-state index >= 15 is 0 Å². The number of para-hydroxylation sites is 6. The summed E-state index contributed by atoms with van der Waals surface area (Å²) in [6, 6.07) is 105. The second-order valence-electron chi connectivity index (χ2n) is 28.5. The second-order valence-corrected chi connectivity index (χ2v) is 28.5. The summed E-state index contributed by atoms with van der Waals surface area (Å²) in [5.74, 6) is 0. The first-order valence-corrected chi connectivity index (χ1v) is 36.5. The van der Waals surface area contributed by atoms with Crippen molar-refractivity contribution in [1.29, 1.82) is 5.26 Å². The molecular formula is C96H72N6. The van der Waals surface area contributed by atoms with Crippen molar-refractivity contribution in [2.45, 2.75) is 94.8 Å². The highest BCUT2D eigenvalue weighted by Crippen LogP contribution is 2.77. The minimum atomic E-state index is -1.11. The summed E-state index contributed by atoms with van der Waals surface area (Å²) < 4.78 is 0. The molecule has 6 nitrogen and oxygen atoms in total. The third kappa shape index (κ3) is 8.14. The van der Waals surface area contributed by atoms with Gasteiger partial charge in [-0.2, -0.15) is 5.26 Å². The number of hydrogen-bond donors (Lipinski definition) is 0. The summed E-state index contributed by atoms with van der Waals surface area (Å²) in [5.41, 5.74) is 31.5. The average Bonchev–Trinajstić information content (AvgIpc) is 1.45. The molecule has 0 fully saturated rings. The SMILES string of the molecule is [C-]#[N+]c1ccc2c(c1)C1(c3ccccc3N(c3ccc(CCCC)cc3)c3ccccc31)c1c-2c2c(c3c1-c1ccc([N+]#[C-])cc1C31c3ccccc3N(c3ccc(CCCC)cc3)c3ccccc31)-c1ccc(C#N)cc1C21c2ccccc2N(c2ccc(CCCC)cc2)c2ccccc21. The molecule has 3 spiro atoms. The Kier molecular flexibility index (Phi) is 14.0. The third-order valence-corrected chi connectivity index (χ3v) is 23.4. The predicted molar refractivity (Wildman–Crippen MR) is 416 cm³/mol. The predicted octanol–water partition coefficient (Wildman–Crippen LogP) is 25.1. The summed E-state index contributed by atoms with van der Waals surface area (Å²) in [7, 11) is 0. The van der Waals surface area contributed by atoms with E-state index in [1.54, 1.807) is 0 Å². The molecule has 19 rings (SSSR count). The van der Waals surface area contributed by atoms with E-state index in [0.29, 0.717) is 16.9 Å². The van der Waals surface area contributed by atoms with Crippen LogP contribution in [0.5, 0.6) is 0 Å². The van der Waals surface area contributed by atoms with Crippen molar-refractivity contribution < 1.29 is 0 Å². The third-order valence-electron chi connectivity index (χ3n) is 23.4. The van der Waals surface area contributed by atoms with Crippen molar-refractivity contribution in [2.24, 2.45) is 0 Å². The van der Waals surface area contributed by atoms with Gasteiger partial charge in [0.2, 0.25) is 0 Å². The Labute approximate surface area is 598 Å². The molecule has 6 heteroatoms. The normalized spacial score (nSPS) is 14.5. The molecule has 0 saturated heterocycles. The number of nitriles is 1. The molecule has 6 aliphatic rings. The number of hydrogen-bond acceptors (Lipinski definition) is 4. The van der Waals surface area contributed by atoms with E-state index in [0.717, 1.165) is 209 Å². The minimum Gasteiger partial charge on any atom is -0.310 e. The van der Waals surface area contributed by atoms with Gasteiger partial charge in [-0.1, -0.05) is 228 Å². The zero-order valence-corrected chi connectivity index (χ0v) is 57.5. The summed E-state index contributed by atoms with van der Waals surface area (Å²) in [5, 5.41) is 11.6. The van der Waals surface area contributed by atoms with E-state index in [1.165, 1.54) is 16.7 Å². The smallest absolute Gasteiger partial charge is 0.187 e. The first-order chi connectivity index (χ1) is 50.4. The highest BCUT2D eigenvalue weighted by atomic mass is 15.2. The number of fused-ring (bicyclic) bond motifs is 30. The van der Waals surface area contributed by atoms with Crippen LogP contribution >= 0.6 is 0 Å². The molecule has 0 radical (unpaired) electrons. The number of aryl methyl sites for hydroxylation is 3. The van der Waals surface area contributed by atoms with Gasteiger partial charge in [0.15, 0.2) is 11.4 Å². The van der Waals surface area contributed by atoms with Gasteiger partial charge in [0.1, 0.15) is 0 Å². The molecule has 3 aliphatic carbocycles. The molecule has 0 N–H and O–H groups in total. The minimum absolute atomic E-state index is 0.558. The van der Waals surface area contributed by atoms with E-state index in [9.17, 15) is 5.26 Å².